The number of nitrogens with two attached hydrogens (primary N) is 2. The van der Waals surface area contributed by atoms with E-state index >= 15 is 0 Å². The molecule has 7 heteroatoms. The van der Waals surface area contributed by atoms with Gasteiger partial charge < -0.3 is 16.3 Å². The molecule has 0 radical (unpaired) electrons. The van der Waals surface area contributed by atoms with Crippen molar-refractivity contribution in [2.45, 2.75) is 5.92 Å². The van der Waals surface area contributed by atoms with Crippen molar-refractivity contribution in [3.8, 4) is 0 Å². The molecular weight excluding hydrogens is 302 g/mol. The van der Waals surface area contributed by atoms with Crippen LogP contribution in [0, 0.1) is 0 Å². The molecule has 1 unspecified atom stereocenters. The minimum absolute atomic E-state index is 0.468. The van der Waals surface area contributed by atoms with Gasteiger partial charge in [0.15, 0.2) is 0 Å². The van der Waals surface area contributed by atoms with Crippen LogP contribution in [0.15, 0.2) is 48.0 Å². The van der Waals surface area contributed by atoms with Crippen molar-refractivity contribution in [3.63, 3.8) is 0 Å². The maximum Gasteiger partial charge on any atom is 0.429 e. The van der Waals surface area contributed by atoms with Gasteiger partial charge in [0, 0.05) is 16.5 Å². The number of carbonyl (C=O) groups is 2. The number of aromatic nitrogens is 1. The first kappa shape index (κ1) is 14.2. The minimum Gasteiger partial charge on any atom is -0.369 e. The van der Waals surface area contributed by atoms with Gasteiger partial charge in [0.05, 0.1) is 11.4 Å². The summed E-state index contributed by atoms with van der Waals surface area (Å²) in [6, 6.07) is 11.0. The monoisotopic (exact) mass is 315 g/mol. The second-order valence-corrected chi connectivity index (χ2v) is 5.67. The second-order valence-electron chi connectivity index (χ2n) is 4.69. The third kappa shape index (κ3) is 2.42. The summed E-state index contributed by atoms with van der Waals surface area (Å²) in [4.78, 5) is 28.8. The first-order valence-corrected chi connectivity index (χ1v) is 7.36. The lowest BCUT2D eigenvalue weighted by molar-refractivity contribution is -0.118. The van der Waals surface area contributed by atoms with E-state index in [1.165, 1.54) is 16.1 Å². The Morgan fingerprint density at radius 1 is 1.14 bits per heavy atom. The fourth-order valence-electron chi connectivity index (χ4n) is 2.48. The molecule has 0 aliphatic heterocycles. The highest BCUT2D eigenvalue weighted by Gasteiger charge is 2.26. The highest BCUT2D eigenvalue weighted by atomic mass is 32.1. The molecule has 6 nitrogen and oxygen atoms in total. The van der Waals surface area contributed by atoms with Crippen LogP contribution in [0.2, 0.25) is 0 Å². The second kappa shape index (κ2) is 5.53. The SMILES string of the molecule is NC(=O)On1cc(C(C(N)=O)c2cccs2)c2ccccc21. The predicted molar refractivity (Wildman–Crippen MR) is 83.5 cm³/mol. The molecule has 3 aromatic rings. The molecule has 0 fully saturated rings. The molecule has 112 valence electrons. The van der Waals surface area contributed by atoms with E-state index < -0.39 is 17.9 Å². The summed E-state index contributed by atoms with van der Waals surface area (Å²) < 4.78 is 1.26. The lowest BCUT2D eigenvalue weighted by Crippen LogP contribution is -2.25. The average Bonchev–Trinajstić information content (AvgIpc) is 3.09. The molecule has 0 aliphatic rings. The zero-order valence-corrected chi connectivity index (χ0v) is 12.2. The van der Waals surface area contributed by atoms with E-state index in [2.05, 4.69) is 0 Å². The van der Waals surface area contributed by atoms with E-state index in [0.717, 1.165) is 10.3 Å². The highest BCUT2D eigenvalue weighted by Crippen LogP contribution is 2.34. The third-order valence-electron chi connectivity index (χ3n) is 3.32. The van der Waals surface area contributed by atoms with Crippen LogP contribution in [0.3, 0.4) is 0 Å². The quantitative estimate of drug-likeness (QED) is 0.768. The van der Waals surface area contributed by atoms with E-state index in [-0.39, 0.29) is 0 Å². The normalized spacial score (nSPS) is 12.2. The number of primary amides is 2. The summed E-state index contributed by atoms with van der Waals surface area (Å²) in [5, 5.41) is 2.66. The Kier molecular flexibility index (Phi) is 3.56. The maximum atomic E-state index is 12.0. The van der Waals surface area contributed by atoms with E-state index in [0.29, 0.717) is 11.1 Å². The predicted octanol–water partition coefficient (Wildman–Crippen LogP) is 1.83. The lowest BCUT2D eigenvalue weighted by Gasteiger charge is -2.10. The van der Waals surface area contributed by atoms with Crippen molar-refractivity contribution in [2.24, 2.45) is 11.5 Å². The number of para-hydroxylation sites is 1. The molecule has 3 rings (SSSR count). The summed E-state index contributed by atoms with van der Waals surface area (Å²) in [5.74, 6) is -1.08. The molecule has 1 aromatic carbocycles. The van der Waals surface area contributed by atoms with Gasteiger partial charge in [-0.15, -0.1) is 11.3 Å². The van der Waals surface area contributed by atoms with E-state index in [1.54, 1.807) is 18.3 Å². The Morgan fingerprint density at radius 2 is 1.91 bits per heavy atom. The Balaban J connectivity index is 2.21. The van der Waals surface area contributed by atoms with Gasteiger partial charge in [0.1, 0.15) is 0 Å². The van der Waals surface area contributed by atoms with Gasteiger partial charge in [0.2, 0.25) is 5.91 Å². The summed E-state index contributed by atoms with van der Waals surface area (Å²) in [6.07, 6.45) is 0.643. The Hall–Kier alpha value is -2.80. The van der Waals surface area contributed by atoms with Crippen molar-refractivity contribution in [1.82, 2.24) is 4.73 Å². The molecule has 0 aliphatic carbocycles. The number of hydrogen-bond donors (Lipinski definition) is 2. The van der Waals surface area contributed by atoms with Gasteiger partial charge in [-0.3, -0.25) is 4.79 Å². The molecular formula is C15H13N3O3S. The topological polar surface area (TPSA) is 100 Å². The third-order valence-corrected chi connectivity index (χ3v) is 4.26. The molecule has 2 aromatic heterocycles. The lowest BCUT2D eigenvalue weighted by atomic mass is 9.96. The van der Waals surface area contributed by atoms with Crippen LogP contribution in [0.5, 0.6) is 0 Å². The summed E-state index contributed by atoms with van der Waals surface area (Å²) in [7, 11) is 0. The van der Waals surface area contributed by atoms with Crippen molar-refractivity contribution >= 4 is 34.2 Å². The van der Waals surface area contributed by atoms with Crippen molar-refractivity contribution in [1.29, 1.82) is 0 Å². The highest BCUT2D eigenvalue weighted by molar-refractivity contribution is 7.10. The molecule has 22 heavy (non-hydrogen) atoms. The van der Waals surface area contributed by atoms with Crippen LogP contribution in [0.4, 0.5) is 4.79 Å². The molecule has 0 saturated carbocycles. The number of rotatable bonds is 4. The zero-order chi connectivity index (χ0) is 15.7. The van der Waals surface area contributed by atoms with E-state index in [9.17, 15) is 9.59 Å². The van der Waals surface area contributed by atoms with Gasteiger partial charge in [0.25, 0.3) is 0 Å². The largest absolute Gasteiger partial charge is 0.429 e. The summed E-state index contributed by atoms with van der Waals surface area (Å²) in [6.45, 7) is 0. The maximum absolute atomic E-state index is 12.0. The van der Waals surface area contributed by atoms with Crippen molar-refractivity contribution < 1.29 is 14.4 Å². The molecule has 2 heterocycles. The molecule has 0 spiro atoms. The van der Waals surface area contributed by atoms with Crippen LogP contribution in [-0.2, 0) is 4.79 Å². The van der Waals surface area contributed by atoms with Crippen LogP contribution in [0.1, 0.15) is 16.4 Å². The van der Waals surface area contributed by atoms with E-state index in [4.69, 9.17) is 16.3 Å². The smallest absolute Gasteiger partial charge is 0.369 e. The number of carbonyl (C=O) groups excluding carboxylic acids is 2. The Morgan fingerprint density at radius 3 is 2.55 bits per heavy atom. The minimum atomic E-state index is -0.931. The molecule has 2 amide bonds. The number of thiophene rings is 1. The average molecular weight is 315 g/mol. The fourth-order valence-corrected chi connectivity index (χ4v) is 3.33. The zero-order valence-electron chi connectivity index (χ0n) is 11.4. The standard InChI is InChI=1S/C15H13N3O3S/c16-14(19)13(12-6-3-7-22-12)10-8-18(21-15(17)20)11-5-2-1-4-9(10)11/h1-8,13H,(H2,16,19)(H2,17,20). The van der Waals surface area contributed by atoms with Gasteiger partial charge in [-0.25, -0.2) is 4.79 Å². The fraction of sp³-hybridized carbons (Fsp3) is 0.0667. The van der Waals surface area contributed by atoms with Crippen molar-refractivity contribution in [3.05, 3.63) is 58.4 Å². The number of hydrogen-bond acceptors (Lipinski definition) is 4. The van der Waals surface area contributed by atoms with Crippen LogP contribution in [0.25, 0.3) is 10.9 Å². The summed E-state index contributed by atoms with van der Waals surface area (Å²) >= 11 is 1.44. The molecule has 4 N–H and O–H groups in total. The Labute approximate surface area is 129 Å². The van der Waals surface area contributed by atoms with Crippen LogP contribution >= 0.6 is 11.3 Å². The van der Waals surface area contributed by atoms with Crippen LogP contribution in [-0.4, -0.2) is 16.7 Å². The van der Waals surface area contributed by atoms with Gasteiger partial charge in [-0.2, -0.15) is 4.73 Å². The van der Waals surface area contributed by atoms with Crippen molar-refractivity contribution in [2.75, 3.05) is 0 Å². The van der Waals surface area contributed by atoms with Gasteiger partial charge in [-0.1, -0.05) is 24.3 Å². The molecule has 0 bridgehead atoms. The van der Waals surface area contributed by atoms with E-state index in [1.807, 2.05) is 29.6 Å². The number of amides is 2. The number of nitrogens with zero attached hydrogens (tertiary/aromatic N) is 1. The van der Waals surface area contributed by atoms with Gasteiger partial charge in [-0.05, 0) is 23.1 Å². The van der Waals surface area contributed by atoms with Gasteiger partial charge >= 0.3 is 6.09 Å². The first-order valence-electron chi connectivity index (χ1n) is 6.48. The Bertz CT molecular complexity index is 839. The number of fused-ring (bicyclic) bond motifs is 1. The van der Waals surface area contributed by atoms with Crippen LogP contribution < -0.4 is 16.3 Å². The summed E-state index contributed by atoms with van der Waals surface area (Å²) in [5.41, 5.74) is 12.0. The number of benzene rings is 1. The first-order chi connectivity index (χ1) is 10.6. The molecule has 1 atom stereocenters. The molecule has 0 saturated heterocycles.